The van der Waals surface area contributed by atoms with E-state index in [1.807, 2.05) is 48.7 Å². The van der Waals surface area contributed by atoms with Crippen molar-refractivity contribution in [3.05, 3.63) is 84.7 Å². The van der Waals surface area contributed by atoms with Crippen molar-refractivity contribution in [2.45, 2.75) is 11.4 Å². The fraction of sp³-hybridized carbons (Fsp3) is 0.130. The highest BCUT2D eigenvalue weighted by Gasteiger charge is 2.37. The van der Waals surface area contributed by atoms with Crippen LogP contribution in [0, 0.1) is 0 Å². The Hall–Kier alpha value is -3.65. The van der Waals surface area contributed by atoms with Gasteiger partial charge in [0, 0.05) is 30.7 Å². The second-order valence-corrected chi connectivity index (χ2v) is 9.35. The van der Waals surface area contributed by atoms with E-state index < -0.39 is 10.0 Å². The number of sulfonamides is 1. The molecule has 1 aliphatic heterocycles. The smallest absolute Gasteiger partial charge is 0.265 e. The molecule has 0 bridgehead atoms. The van der Waals surface area contributed by atoms with Gasteiger partial charge in [-0.05, 0) is 29.7 Å². The molecule has 8 heteroatoms. The highest BCUT2D eigenvalue weighted by atomic mass is 32.2. The number of benzene rings is 3. The third-order valence-electron chi connectivity index (χ3n) is 5.46. The van der Waals surface area contributed by atoms with Gasteiger partial charge in [0.25, 0.3) is 10.0 Å². The molecule has 3 aromatic carbocycles. The van der Waals surface area contributed by atoms with Crippen molar-refractivity contribution >= 4 is 32.4 Å². The zero-order chi connectivity index (χ0) is 21.6. The molecule has 0 N–H and O–H groups in total. The van der Waals surface area contributed by atoms with Gasteiger partial charge in [0.2, 0.25) is 5.91 Å². The van der Waals surface area contributed by atoms with Crippen LogP contribution in [0.25, 0.3) is 16.5 Å². The first-order valence-corrected chi connectivity index (χ1v) is 11.3. The van der Waals surface area contributed by atoms with Gasteiger partial charge >= 0.3 is 0 Å². The van der Waals surface area contributed by atoms with Crippen LogP contribution in [-0.2, 0) is 21.4 Å². The number of para-hydroxylation sites is 1. The number of likely N-dealkylation sites (N-methyl/N-ethyl adjacent to an activating group) is 1. The Bertz CT molecular complexity index is 1390. The minimum Gasteiger partial charge on any atom is -0.340 e. The van der Waals surface area contributed by atoms with Gasteiger partial charge in [-0.1, -0.05) is 42.5 Å². The van der Waals surface area contributed by atoms with Gasteiger partial charge in [0.15, 0.2) is 0 Å². The highest BCUT2D eigenvalue weighted by molar-refractivity contribution is 7.93. The van der Waals surface area contributed by atoms with Gasteiger partial charge < -0.3 is 4.90 Å². The number of amides is 1. The van der Waals surface area contributed by atoms with Gasteiger partial charge in [0.05, 0.1) is 22.5 Å². The molecule has 7 nitrogen and oxygen atoms in total. The molecule has 1 aliphatic rings. The van der Waals surface area contributed by atoms with Gasteiger partial charge in [-0.2, -0.15) is 5.10 Å². The van der Waals surface area contributed by atoms with Gasteiger partial charge in [0.1, 0.15) is 6.54 Å². The summed E-state index contributed by atoms with van der Waals surface area (Å²) < 4.78 is 29.1. The van der Waals surface area contributed by atoms with Crippen molar-refractivity contribution in [1.82, 2.24) is 14.7 Å². The van der Waals surface area contributed by atoms with Gasteiger partial charge in [-0.15, -0.1) is 0 Å². The number of hydrogen-bond donors (Lipinski definition) is 0. The molecule has 0 aliphatic carbocycles. The first-order valence-electron chi connectivity index (χ1n) is 9.82. The predicted octanol–water partition coefficient (Wildman–Crippen LogP) is 3.19. The third kappa shape index (κ3) is 3.25. The van der Waals surface area contributed by atoms with E-state index in [9.17, 15) is 13.2 Å². The van der Waals surface area contributed by atoms with Crippen LogP contribution in [0.3, 0.4) is 0 Å². The highest BCUT2D eigenvalue weighted by Crippen LogP contribution is 2.41. The lowest BCUT2D eigenvalue weighted by molar-refractivity contribution is -0.128. The first-order chi connectivity index (χ1) is 14.9. The molecule has 0 fully saturated rings. The average molecular weight is 433 g/mol. The maximum atomic E-state index is 13.1. The Morgan fingerprint density at radius 1 is 1.00 bits per heavy atom. The Morgan fingerprint density at radius 2 is 1.74 bits per heavy atom. The van der Waals surface area contributed by atoms with E-state index in [1.54, 1.807) is 42.2 Å². The van der Waals surface area contributed by atoms with Crippen molar-refractivity contribution in [1.29, 1.82) is 0 Å². The molecular weight excluding hydrogens is 412 g/mol. The predicted molar refractivity (Wildman–Crippen MR) is 119 cm³/mol. The monoisotopic (exact) mass is 432 g/mol. The van der Waals surface area contributed by atoms with Gasteiger partial charge in [-0.3, -0.25) is 9.10 Å². The normalized spacial score (nSPS) is 14.2. The van der Waals surface area contributed by atoms with Crippen LogP contribution in [0.5, 0.6) is 0 Å². The Kier molecular flexibility index (Phi) is 4.51. The van der Waals surface area contributed by atoms with Crippen LogP contribution in [0.2, 0.25) is 0 Å². The number of rotatable bonds is 5. The summed E-state index contributed by atoms with van der Waals surface area (Å²) >= 11 is 0. The van der Waals surface area contributed by atoms with Crippen LogP contribution in [0.4, 0.5) is 5.69 Å². The molecule has 0 saturated carbocycles. The van der Waals surface area contributed by atoms with Crippen molar-refractivity contribution < 1.29 is 13.2 Å². The zero-order valence-electron chi connectivity index (χ0n) is 16.8. The van der Waals surface area contributed by atoms with E-state index in [0.29, 0.717) is 17.6 Å². The molecule has 0 atom stereocenters. The van der Waals surface area contributed by atoms with Crippen LogP contribution < -0.4 is 4.31 Å². The van der Waals surface area contributed by atoms with E-state index in [-0.39, 0.29) is 17.3 Å². The standard InChI is InChI=1S/C23H20N4O3S/c1-25(14-17-13-24-26(15-17)19-9-3-2-4-10-19)22(28)16-27-20-11-5-7-18-8-6-12-21(23(18)20)31(27,29)30/h2-13,15H,14,16H2,1H3. The maximum absolute atomic E-state index is 13.1. The number of aromatic nitrogens is 2. The fourth-order valence-corrected chi connectivity index (χ4v) is 5.56. The number of carbonyl (C=O) groups is 1. The van der Waals surface area contributed by atoms with E-state index in [2.05, 4.69) is 5.10 Å². The van der Waals surface area contributed by atoms with E-state index in [0.717, 1.165) is 16.6 Å². The van der Waals surface area contributed by atoms with Gasteiger partial charge in [-0.25, -0.2) is 13.1 Å². The summed E-state index contributed by atoms with van der Waals surface area (Å²) in [5.41, 5.74) is 2.33. The third-order valence-corrected chi connectivity index (χ3v) is 7.26. The summed E-state index contributed by atoms with van der Waals surface area (Å²) in [6, 6.07) is 20.3. The van der Waals surface area contributed by atoms with E-state index >= 15 is 0 Å². The van der Waals surface area contributed by atoms with E-state index in [4.69, 9.17) is 0 Å². The lowest BCUT2D eigenvalue weighted by Crippen LogP contribution is -2.39. The molecule has 31 heavy (non-hydrogen) atoms. The lowest BCUT2D eigenvalue weighted by Gasteiger charge is -2.22. The number of hydrogen-bond acceptors (Lipinski definition) is 4. The largest absolute Gasteiger partial charge is 0.340 e. The molecule has 2 heterocycles. The van der Waals surface area contributed by atoms with Crippen LogP contribution >= 0.6 is 0 Å². The fourth-order valence-electron chi connectivity index (χ4n) is 3.90. The summed E-state index contributed by atoms with van der Waals surface area (Å²) in [6.45, 7) is 0.0795. The van der Waals surface area contributed by atoms with Crippen molar-refractivity contribution in [3.8, 4) is 5.69 Å². The molecule has 5 rings (SSSR count). The van der Waals surface area contributed by atoms with Crippen molar-refractivity contribution in [2.75, 3.05) is 17.9 Å². The summed E-state index contributed by atoms with van der Waals surface area (Å²) in [5.74, 6) is -0.291. The average Bonchev–Trinajstić information content (AvgIpc) is 3.33. The Balaban J connectivity index is 1.35. The maximum Gasteiger partial charge on any atom is 0.265 e. The number of anilines is 1. The van der Waals surface area contributed by atoms with Crippen LogP contribution in [-0.4, -0.2) is 42.6 Å². The molecular formula is C23H20N4O3S. The minimum absolute atomic E-state index is 0.250. The molecule has 0 unspecified atom stereocenters. The minimum atomic E-state index is -3.76. The topological polar surface area (TPSA) is 75.5 Å². The SMILES string of the molecule is CN(Cc1cnn(-c2ccccc2)c1)C(=O)CN1c2cccc3cccc(c23)S1(=O)=O. The lowest BCUT2D eigenvalue weighted by atomic mass is 10.1. The molecule has 1 aromatic heterocycles. The molecule has 0 saturated heterocycles. The Morgan fingerprint density at radius 3 is 2.52 bits per heavy atom. The summed E-state index contributed by atoms with van der Waals surface area (Å²) in [6.07, 6.45) is 3.57. The molecule has 1 amide bonds. The Labute approximate surface area is 180 Å². The molecule has 0 radical (unpaired) electrons. The molecule has 4 aromatic rings. The summed E-state index contributed by atoms with van der Waals surface area (Å²) in [7, 11) is -2.10. The molecule has 0 spiro atoms. The van der Waals surface area contributed by atoms with Crippen molar-refractivity contribution in [2.24, 2.45) is 0 Å². The van der Waals surface area contributed by atoms with Crippen LogP contribution in [0.15, 0.2) is 84.0 Å². The first kappa shape index (κ1) is 19.3. The zero-order valence-corrected chi connectivity index (χ0v) is 17.7. The summed E-state index contributed by atoms with van der Waals surface area (Å²) in [4.78, 5) is 14.7. The number of nitrogens with zero attached hydrogens (tertiary/aromatic N) is 4. The molecule has 156 valence electrons. The number of carbonyl (C=O) groups excluding carboxylic acids is 1. The van der Waals surface area contributed by atoms with Crippen LogP contribution in [0.1, 0.15) is 5.56 Å². The van der Waals surface area contributed by atoms with Crippen molar-refractivity contribution in [3.63, 3.8) is 0 Å². The summed E-state index contributed by atoms with van der Waals surface area (Å²) in [5, 5.41) is 5.86. The quantitative estimate of drug-likeness (QED) is 0.485. The second kappa shape index (κ2) is 7.24. The second-order valence-electron chi connectivity index (χ2n) is 7.52. The van der Waals surface area contributed by atoms with E-state index in [1.165, 1.54) is 9.21 Å².